The van der Waals surface area contributed by atoms with E-state index >= 15 is 0 Å². The molecular formula is C13H19N3O9S. The van der Waals surface area contributed by atoms with Crippen molar-refractivity contribution in [3.8, 4) is 0 Å². The molecule has 0 bridgehead atoms. The number of rotatable bonds is 12. The molecule has 0 saturated carbocycles. The third-order valence-electron chi connectivity index (χ3n) is 3.03. The Labute approximate surface area is 152 Å². The summed E-state index contributed by atoms with van der Waals surface area (Å²) in [6.45, 7) is -1.95. The van der Waals surface area contributed by atoms with Crippen molar-refractivity contribution in [2.24, 2.45) is 5.73 Å². The van der Waals surface area contributed by atoms with Crippen molar-refractivity contribution < 1.29 is 44.1 Å². The number of aliphatic carboxylic acids is 3. The van der Waals surface area contributed by atoms with Crippen LogP contribution in [0.25, 0.3) is 0 Å². The van der Waals surface area contributed by atoms with Crippen LogP contribution in [-0.2, 0) is 28.8 Å². The minimum absolute atomic E-state index is 0.203. The molecule has 0 aliphatic carbocycles. The first-order valence-corrected chi connectivity index (χ1v) is 7.78. The Morgan fingerprint density at radius 2 is 1.62 bits per heavy atom. The number of thiol groups is 1. The standard InChI is InChI=1S/C13H19N3O9S/c14-6(12(22)23)1-2-9(18)15-7(5-26)11(21)16(4-10(19)20)3-8(17)13(24)25/h6-7,26H,1-5,14H2,(H,15,18)(H,19,20)(H,22,23)(H,24,25). The number of amides is 2. The van der Waals surface area contributed by atoms with Crippen LogP contribution in [0.3, 0.4) is 0 Å². The number of hydrogen-bond donors (Lipinski definition) is 6. The van der Waals surface area contributed by atoms with Crippen LogP contribution < -0.4 is 11.1 Å². The Hall–Kier alpha value is -2.67. The maximum atomic E-state index is 12.3. The van der Waals surface area contributed by atoms with E-state index in [1.807, 2.05) is 0 Å². The Bertz CT molecular complexity index is 595. The predicted molar refractivity (Wildman–Crippen MR) is 87.5 cm³/mol. The normalized spacial score (nSPS) is 12.5. The number of carboxylic acids is 3. The summed E-state index contributed by atoms with van der Waals surface area (Å²) in [5, 5.41) is 28.2. The summed E-state index contributed by atoms with van der Waals surface area (Å²) in [5.41, 5.74) is 5.25. The fourth-order valence-corrected chi connectivity index (χ4v) is 1.95. The second kappa shape index (κ2) is 11.0. The topological polar surface area (TPSA) is 204 Å². The fourth-order valence-electron chi connectivity index (χ4n) is 1.70. The van der Waals surface area contributed by atoms with Gasteiger partial charge >= 0.3 is 17.9 Å². The highest BCUT2D eigenvalue weighted by Crippen LogP contribution is 2.02. The van der Waals surface area contributed by atoms with Crippen LogP contribution >= 0.6 is 12.6 Å². The number of Topliss-reactive ketones (excluding diaryl/α,β-unsaturated/α-hetero) is 1. The Morgan fingerprint density at radius 3 is 2.04 bits per heavy atom. The molecule has 0 heterocycles. The average Bonchev–Trinajstić information content (AvgIpc) is 2.55. The molecule has 2 amide bonds. The molecule has 2 unspecified atom stereocenters. The molecule has 0 aliphatic rings. The van der Waals surface area contributed by atoms with Crippen molar-refractivity contribution in [1.29, 1.82) is 0 Å². The van der Waals surface area contributed by atoms with Gasteiger partial charge in [-0.25, -0.2) is 4.79 Å². The van der Waals surface area contributed by atoms with Gasteiger partial charge < -0.3 is 31.3 Å². The zero-order chi connectivity index (χ0) is 20.4. The lowest BCUT2D eigenvalue weighted by molar-refractivity contribution is -0.153. The van der Waals surface area contributed by atoms with Crippen LogP contribution in [0.2, 0.25) is 0 Å². The lowest BCUT2D eigenvalue weighted by atomic mass is 10.1. The van der Waals surface area contributed by atoms with Crippen LogP contribution in [0.15, 0.2) is 0 Å². The Kier molecular flexibility index (Phi) is 9.91. The SMILES string of the molecule is NC(CCC(=O)NC(CS)C(=O)N(CC(=O)O)CC(=O)C(=O)O)C(=O)O. The summed E-state index contributed by atoms with van der Waals surface area (Å²) in [4.78, 5) is 67.8. The molecule has 0 aromatic rings. The van der Waals surface area contributed by atoms with Crippen LogP contribution in [0, 0.1) is 0 Å². The lowest BCUT2D eigenvalue weighted by Gasteiger charge is -2.25. The average molecular weight is 393 g/mol. The third-order valence-corrected chi connectivity index (χ3v) is 3.39. The van der Waals surface area contributed by atoms with Gasteiger partial charge in [0.2, 0.25) is 11.8 Å². The molecule has 0 aromatic heterocycles. The largest absolute Gasteiger partial charge is 0.480 e. The van der Waals surface area contributed by atoms with Gasteiger partial charge in [0.15, 0.2) is 0 Å². The minimum atomic E-state index is -1.85. The second-order valence-corrected chi connectivity index (χ2v) is 5.47. The smallest absolute Gasteiger partial charge is 0.374 e. The van der Waals surface area contributed by atoms with Gasteiger partial charge in [0.05, 0.1) is 6.54 Å². The molecule has 0 rings (SSSR count). The van der Waals surface area contributed by atoms with E-state index in [9.17, 15) is 28.8 Å². The molecule has 0 radical (unpaired) electrons. The van der Waals surface area contributed by atoms with Crippen molar-refractivity contribution in [2.75, 3.05) is 18.8 Å². The number of carboxylic acid groups (broad SMARTS) is 3. The number of carbonyl (C=O) groups excluding carboxylic acids is 3. The summed E-state index contributed by atoms with van der Waals surface area (Å²) in [6.07, 6.45) is -0.525. The molecule has 13 heteroatoms. The molecule has 26 heavy (non-hydrogen) atoms. The van der Waals surface area contributed by atoms with E-state index in [0.29, 0.717) is 4.90 Å². The van der Waals surface area contributed by atoms with E-state index in [-0.39, 0.29) is 18.6 Å². The summed E-state index contributed by atoms with van der Waals surface area (Å²) in [6, 6.07) is -2.62. The van der Waals surface area contributed by atoms with Crippen LogP contribution in [0.1, 0.15) is 12.8 Å². The van der Waals surface area contributed by atoms with Gasteiger partial charge in [-0.15, -0.1) is 0 Å². The van der Waals surface area contributed by atoms with Crippen molar-refractivity contribution in [1.82, 2.24) is 10.2 Å². The van der Waals surface area contributed by atoms with Gasteiger partial charge in [-0.2, -0.15) is 12.6 Å². The van der Waals surface area contributed by atoms with Crippen molar-refractivity contribution >= 4 is 48.1 Å². The molecule has 6 N–H and O–H groups in total. The summed E-state index contributed by atoms with van der Waals surface area (Å²) in [5.74, 6) is -8.08. The summed E-state index contributed by atoms with van der Waals surface area (Å²) >= 11 is 3.86. The van der Waals surface area contributed by atoms with E-state index in [2.05, 4.69) is 17.9 Å². The summed E-state index contributed by atoms with van der Waals surface area (Å²) in [7, 11) is 0. The van der Waals surface area contributed by atoms with E-state index in [4.69, 9.17) is 21.1 Å². The van der Waals surface area contributed by atoms with E-state index in [1.54, 1.807) is 0 Å². The van der Waals surface area contributed by atoms with Crippen molar-refractivity contribution in [2.45, 2.75) is 24.9 Å². The van der Waals surface area contributed by atoms with Gasteiger partial charge in [0.25, 0.3) is 5.78 Å². The molecule has 2 atom stereocenters. The van der Waals surface area contributed by atoms with Gasteiger partial charge in [-0.05, 0) is 6.42 Å². The first-order chi connectivity index (χ1) is 12.0. The highest BCUT2D eigenvalue weighted by Gasteiger charge is 2.29. The van der Waals surface area contributed by atoms with Gasteiger partial charge in [-0.3, -0.25) is 24.0 Å². The van der Waals surface area contributed by atoms with E-state index in [0.717, 1.165) is 0 Å². The van der Waals surface area contributed by atoms with Gasteiger partial charge in [0, 0.05) is 12.2 Å². The Balaban J connectivity index is 4.99. The molecule has 0 aliphatic heterocycles. The zero-order valence-electron chi connectivity index (χ0n) is 13.5. The first kappa shape index (κ1) is 23.3. The van der Waals surface area contributed by atoms with Crippen LogP contribution in [0.5, 0.6) is 0 Å². The number of nitrogens with zero attached hydrogens (tertiary/aromatic N) is 1. The molecular weight excluding hydrogens is 374 g/mol. The number of ketones is 1. The van der Waals surface area contributed by atoms with Gasteiger partial charge in [0.1, 0.15) is 18.6 Å². The number of hydrogen-bond acceptors (Lipinski definition) is 8. The highest BCUT2D eigenvalue weighted by atomic mass is 32.1. The monoisotopic (exact) mass is 393 g/mol. The fraction of sp³-hybridized carbons (Fsp3) is 0.538. The highest BCUT2D eigenvalue weighted by molar-refractivity contribution is 7.80. The van der Waals surface area contributed by atoms with E-state index < -0.39 is 60.7 Å². The molecule has 0 aromatic carbocycles. The number of nitrogens with two attached hydrogens (primary N) is 1. The molecule has 146 valence electrons. The first-order valence-electron chi connectivity index (χ1n) is 7.14. The zero-order valence-corrected chi connectivity index (χ0v) is 14.3. The quantitative estimate of drug-likeness (QED) is 0.148. The van der Waals surface area contributed by atoms with Crippen LogP contribution in [-0.4, -0.2) is 86.7 Å². The third kappa shape index (κ3) is 8.43. The lowest BCUT2D eigenvalue weighted by Crippen LogP contribution is -2.52. The Morgan fingerprint density at radius 1 is 1.04 bits per heavy atom. The number of nitrogens with one attached hydrogen (secondary N) is 1. The number of carbonyl (C=O) groups is 6. The maximum absolute atomic E-state index is 12.3. The van der Waals surface area contributed by atoms with E-state index in [1.165, 1.54) is 0 Å². The van der Waals surface area contributed by atoms with Crippen molar-refractivity contribution in [3.05, 3.63) is 0 Å². The molecule has 0 saturated heterocycles. The van der Waals surface area contributed by atoms with Crippen molar-refractivity contribution in [3.63, 3.8) is 0 Å². The molecule has 0 fully saturated rings. The molecule has 12 nitrogen and oxygen atoms in total. The van der Waals surface area contributed by atoms with Crippen LogP contribution in [0.4, 0.5) is 0 Å². The minimum Gasteiger partial charge on any atom is -0.480 e. The molecule has 0 spiro atoms. The predicted octanol–water partition coefficient (Wildman–Crippen LogP) is -2.84. The van der Waals surface area contributed by atoms with Gasteiger partial charge in [-0.1, -0.05) is 0 Å². The summed E-state index contributed by atoms with van der Waals surface area (Å²) < 4.78 is 0. The second-order valence-electron chi connectivity index (χ2n) is 5.10. The maximum Gasteiger partial charge on any atom is 0.374 e.